The fourth-order valence-corrected chi connectivity index (χ4v) is 3.49. The summed E-state index contributed by atoms with van der Waals surface area (Å²) in [5.41, 5.74) is 4.06. The number of hydrogen-bond acceptors (Lipinski definition) is 3. The average Bonchev–Trinajstić information content (AvgIpc) is 3.00. The zero-order valence-corrected chi connectivity index (χ0v) is 16.4. The van der Waals surface area contributed by atoms with Crippen LogP contribution in [-0.4, -0.2) is 15.3 Å². The molecule has 2 heterocycles. The second kappa shape index (κ2) is 7.54. The van der Waals surface area contributed by atoms with Crippen molar-refractivity contribution in [2.75, 3.05) is 10.6 Å². The number of nitrogens with zero attached hydrogens (tertiary/aromatic N) is 2. The Morgan fingerprint density at radius 1 is 0.964 bits per heavy atom. The van der Waals surface area contributed by atoms with Gasteiger partial charge >= 0.3 is 0 Å². The minimum absolute atomic E-state index is 0.285. The minimum Gasteiger partial charge on any atom is -0.356 e. The summed E-state index contributed by atoms with van der Waals surface area (Å²) in [4.78, 5) is 17.2. The van der Waals surface area contributed by atoms with Crippen molar-refractivity contribution in [2.24, 2.45) is 0 Å². The van der Waals surface area contributed by atoms with E-state index in [0.29, 0.717) is 32.8 Å². The van der Waals surface area contributed by atoms with Crippen LogP contribution >= 0.6 is 23.2 Å². The molecule has 7 heteroatoms. The smallest absolute Gasteiger partial charge is 0.274 e. The van der Waals surface area contributed by atoms with E-state index in [1.165, 1.54) is 0 Å². The Morgan fingerprint density at radius 2 is 1.61 bits per heavy atom. The van der Waals surface area contributed by atoms with Gasteiger partial charge < -0.3 is 10.6 Å². The lowest BCUT2D eigenvalue weighted by Crippen LogP contribution is -2.15. The number of pyridine rings is 1. The Kier molecular flexibility index (Phi) is 4.94. The molecule has 0 unspecified atom stereocenters. The van der Waals surface area contributed by atoms with Gasteiger partial charge in [0.15, 0.2) is 5.65 Å². The van der Waals surface area contributed by atoms with E-state index in [-0.39, 0.29) is 5.91 Å². The van der Waals surface area contributed by atoms with Crippen molar-refractivity contribution in [3.8, 4) is 0 Å². The molecule has 0 saturated heterocycles. The molecule has 0 fully saturated rings. The van der Waals surface area contributed by atoms with Crippen LogP contribution in [0.2, 0.25) is 10.0 Å². The third-order valence-corrected chi connectivity index (χ3v) is 4.72. The topological polar surface area (TPSA) is 58.4 Å². The van der Waals surface area contributed by atoms with E-state index in [1.807, 2.05) is 54.6 Å². The van der Waals surface area contributed by atoms with Gasteiger partial charge in [-0.2, -0.15) is 0 Å². The number of carbonyl (C=O) groups excluding carboxylic acids is 1. The largest absolute Gasteiger partial charge is 0.356 e. The Labute approximate surface area is 171 Å². The molecule has 0 aliphatic heterocycles. The van der Waals surface area contributed by atoms with Gasteiger partial charge in [0.25, 0.3) is 5.91 Å². The van der Waals surface area contributed by atoms with Crippen molar-refractivity contribution >= 4 is 51.8 Å². The monoisotopic (exact) mass is 410 g/mol. The lowest BCUT2D eigenvalue weighted by atomic mass is 10.2. The lowest BCUT2D eigenvalue weighted by molar-refractivity contribution is 0.102. The van der Waals surface area contributed by atoms with Gasteiger partial charge in [0, 0.05) is 23.3 Å². The fraction of sp³-hybridized carbons (Fsp3) is 0.0476. The Bertz CT molecular complexity index is 1150. The van der Waals surface area contributed by atoms with Gasteiger partial charge in [0.05, 0.1) is 15.7 Å². The molecule has 2 aromatic carbocycles. The van der Waals surface area contributed by atoms with Crippen LogP contribution < -0.4 is 10.6 Å². The molecule has 0 aliphatic rings. The van der Waals surface area contributed by atoms with E-state index in [2.05, 4.69) is 15.6 Å². The van der Waals surface area contributed by atoms with Gasteiger partial charge in [0.1, 0.15) is 5.69 Å². The van der Waals surface area contributed by atoms with Crippen LogP contribution in [0.15, 0.2) is 66.9 Å². The highest BCUT2D eigenvalue weighted by atomic mass is 35.5. The molecule has 0 radical (unpaired) electrons. The molecule has 2 N–H and O–H groups in total. The van der Waals surface area contributed by atoms with Crippen LogP contribution in [0.25, 0.3) is 5.65 Å². The van der Waals surface area contributed by atoms with Crippen LogP contribution in [0.4, 0.5) is 17.1 Å². The zero-order valence-electron chi connectivity index (χ0n) is 14.9. The highest BCUT2D eigenvalue weighted by Crippen LogP contribution is 2.25. The van der Waals surface area contributed by atoms with Crippen LogP contribution in [0, 0.1) is 6.92 Å². The number of halogens is 2. The Balaban J connectivity index is 1.56. The molecule has 0 bridgehead atoms. The van der Waals surface area contributed by atoms with Gasteiger partial charge in [-0.1, -0.05) is 41.4 Å². The first-order valence-corrected chi connectivity index (χ1v) is 9.34. The van der Waals surface area contributed by atoms with Crippen molar-refractivity contribution < 1.29 is 4.79 Å². The van der Waals surface area contributed by atoms with Crippen molar-refractivity contribution in [1.29, 1.82) is 0 Å². The number of imidazole rings is 1. The van der Waals surface area contributed by atoms with Crippen LogP contribution in [-0.2, 0) is 0 Å². The maximum Gasteiger partial charge on any atom is 0.274 e. The molecule has 2 aromatic heterocycles. The summed E-state index contributed by atoms with van der Waals surface area (Å²) >= 11 is 12.3. The number of hydrogen-bond donors (Lipinski definition) is 2. The molecule has 4 rings (SSSR count). The third-order valence-electron chi connectivity index (χ3n) is 4.24. The quantitative estimate of drug-likeness (QED) is 0.437. The average molecular weight is 411 g/mol. The first-order chi connectivity index (χ1) is 13.5. The predicted octanol–water partition coefficient (Wildman–Crippen LogP) is 5.95. The summed E-state index contributed by atoms with van der Waals surface area (Å²) in [5, 5.41) is 7.02. The molecule has 140 valence electrons. The van der Waals surface area contributed by atoms with Crippen LogP contribution in [0.3, 0.4) is 0 Å². The van der Waals surface area contributed by atoms with Crippen molar-refractivity contribution in [3.63, 3.8) is 0 Å². The number of para-hydroxylation sites is 1. The fourth-order valence-electron chi connectivity index (χ4n) is 2.98. The number of benzene rings is 2. The highest BCUT2D eigenvalue weighted by molar-refractivity contribution is 6.36. The number of carbonyl (C=O) groups is 1. The number of amides is 1. The maximum absolute atomic E-state index is 12.8. The highest BCUT2D eigenvalue weighted by Gasteiger charge is 2.19. The summed E-state index contributed by atoms with van der Waals surface area (Å²) in [6, 6.07) is 18.9. The van der Waals surface area contributed by atoms with E-state index in [1.54, 1.807) is 23.6 Å². The molecule has 1 amide bonds. The van der Waals surface area contributed by atoms with Gasteiger partial charge in [0.2, 0.25) is 0 Å². The maximum atomic E-state index is 12.8. The number of rotatable bonds is 4. The molecule has 0 spiro atoms. The lowest BCUT2D eigenvalue weighted by Gasteiger charge is -2.09. The Hall–Kier alpha value is -3.02. The number of aromatic nitrogens is 2. The first kappa shape index (κ1) is 18.3. The number of nitrogens with one attached hydrogen (secondary N) is 2. The van der Waals surface area contributed by atoms with E-state index in [0.717, 1.165) is 11.4 Å². The molecule has 0 atom stereocenters. The second-order valence-corrected chi connectivity index (χ2v) is 7.11. The molecular formula is C21H16Cl2N4O. The van der Waals surface area contributed by atoms with Gasteiger partial charge in [-0.05, 0) is 49.4 Å². The number of fused-ring (bicyclic) bond motifs is 1. The minimum atomic E-state index is -0.285. The summed E-state index contributed by atoms with van der Waals surface area (Å²) in [5.74, 6) is -0.285. The Morgan fingerprint density at radius 3 is 2.32 bits per heavy atom. The van der Waals surface area contributed by atoms with Crippen LogP contribution in [0.5, 0.6) is 0 Å². The van der Waals surface area contributed by atoms with Gasteiger partial charge in [-0.25, -0.2) is 4.98 Å². The molecular weight excluding hydrogens is 395 g/mol. The molecule has 0 aliphatic carbocycles. The summed E-state index contributed by atoms with van der Waals surface area (Å²) < 4.78 is 1.61. The second-order valence-electron chi connectivity index (χ2n) is 6.27. The normalized spacial score (nSPS) is 10.8. The molecule has 0 saturated carbocycles. The SMILES string of the molecule is Cc1nc2c(Cl)cc(Cl)cn2c1C(=O)Nc1ccc(Nc2ccccc2)cc1. The molecule has 28 heavy (non-hydrogen) atoms. The van der Waals surface area contributed by atoms with E-state index in [4.69, 9.17) is 23.2 Å². The third kappa shape index (κ3) is 3.67. The molecule has 5 nitrogen and oxygen atoms in total. The van der Waals surface area contributed by atoms with E-state index >= 15 is 0 Å². The van der Waals surface area contributed by atoms with E-state index in [9.17, 15) is 4.79 Å². The van der Waals surface area contributed by atoms with Crippen molar-refractivity contribution in [1.82, 2.24) is 9.38 Å². The van der Waals surface area contributed by atoms with E-state index < -0.39 is 0 Å². The predicted molar refractivity (Wildman–Crippen MR) is 114 cm³/mol. The summed E-state index contributed by atoms with van der Waals surface area (Å²) in [6.45, 7) is 1.76. The zero-order chi connectivity index (χ0) is 19.7. The number of aryl methyl sites for hydroxylation is 1. The van der Waals surface area contributed by atoms with Crippen molar-refractivity contribution in [2.45, 2.75) is 6.92 Å². The standard InChI is InChI=1S/C21H16Cl2N4O/c1-13-19(27-12-14(22)11-18(23)20(27)24-13)21(28)26-17-9-7-16(8-10-17)25-15-5-3-2-4-6-15/h2-12,25H,1H3,(H,26,28). The van der Waals surface area contributed by atoms with Crippen LogP contribution in [0.1, 0.15) is 16.2 Å². The number of anilines is 3. The summed E-state index contributed by atoms with van der Waals surface area (Å²) in [6.07, 6.45) is 1.63. The van der Waals surface area contributed by atoms with Crippen molar-refractivity contribution in [3.05, 3.63) is 88.3 Å². The molecule has 4 aromatic rings. The van der Waals surface area contributed by atoms with Gasteiger partial charge in [-0.15, -0.1) is 0 Å². The first-order valence-electron chi connectivity index (χ1n) is 8.58. The van der Waals surface area contributed by atoms with Gasteiger partial charge in [-0.3, -0.25) is 9.20 Å². The summed E-state index contributed by atoms with van der Waals surface area (Å²) in [7, 11) is 0.